The molecule has 22 heavy (non-hydrogen) atoms. The zero-order valence-electron chi connectivity index (χ0n) is 12.6. The second-order valence-corrected chi connectivity index (χ2v) is 5.12. The van der Waals surface area contributed by atoms with Crippen LogP contribution in [0.1, 0.15) is 12.5 Å². The molecule has 0 amide bonds. The van der Waals surface area contributed by atoms with Gasteiger partial charge < -0.3 is 13.9 Å². The van der Waals surface area contributed by atoms with Gasteiger partial charge in [-0.1, -0.05) is 6.07 Å². The van der Waals surface area contributed by atoms with E-state index in [1.165, 1.54) is 0 Å². The summed E-state index contributed by atoms with van der Waals surface area (Å²) in [6.45, 7) is 4.37. The summed E-state index contributed by atoms with van der Waals surface area (Å²) in [5.41, 5.74) is 1.82. The van der Waals surface area contributed by atoms with Crippen LogP contribution < -0.4 is 5.56 Å². The molecule has 0 spiro atoms. The Morgan fingerprint density at radius 2 is 2.00 bits per heavy atom. The molecule has 0 radical (unpaired) electrons. The molecule has 0 saturated carbocycles. The number of rotatable bonds is 6. The van der Waals surface area contributed by atoms with E-state index in [2.05, 4.69) is 4.98 Å². The molecule has 0 atom stereocenters. The second-order valence-electron chi connectivity index (χ2n) is 5.12. The fourth-order valence-corrected chi connectivity index (χ4v) is 2.55. The van der Waals surface area contributed by atoms with Crippen molar-refractivity contribution in [1.29, 1.82) is 0 Å². The van der Waals surface area contributed by atoms with E-state index in [4.69, 9.17) is 4.74 Å². The van der Waals surface area contributed by atoms with Crippen LogP contribution in [0.5, 0.6) is 0 Å². The predicted molar refractivity (Wildman–Crippen MR) is 86.0 cm³/mol. The molecule has 0 aliphatic heterocycles. The van der Waals surface area contributed by atoms with Crippen LogP contribution in [0.15, 0.2) is 53.8 Å². The molecular weight excluding hydrogens is 278 g/mol. The van der Waals surface area contributed by atoms with Gasteiger partial charge in [-0.25, -0.2) is 0 Å². The molecule has 0 saturated heterocycles. The van der Waals surface area contributed by atoms with E-state index in [-0.39, 0.29) is 5.56 Å². The van der Waals surface area contributed by atoms with Crippen LogP contribution in [-0.4, -0.2) is 27.3 Å². The highest BCUT2D eigenvalue weighted by atomic mass is 16.5. The number of aromatic nitrogens is 3. The molecule has 0 aromatic carbocycles. The van der Waals surface area contributed by atoms with Crippen molar-refractivity contribution in [3.8, 4) is 0 Å². The lowest BCUT2D eigenvalue weighted by Crippen LogP contribution is -2.23. The van der Waals surface area contributed by atoms with Crippen molar-refractivity contribution in [2.24, 2.45) is 0 Å². The first-order valence-electron chi connectivity index (χ1n) is 7.44. The van der Waals surface area contributed by atoms with Crippen LogP contribution in [0.4, 0.5) is 0 Å². The van der Waals surface area contributed by atoms with E-state index in [1.54, 1.807) is 10.8 Å². The van der Waals surface area contributed by atoms with Gasteiger partial charge >= 0.3 is 0 Å². The zero-order chi connectivity index (χ0) is 15.4. The molecule has 0 fully saturated rings. The third-order valence-electron chi connectivity index (χ3n) is 3.65. The van der Waals surface area contributed by atoms with E-state index in [0.29, 0.717) is 26.3 Å². The molecule has 0 bridgehead atoms. The molecule has 0 aliphatic rings. The van der Waals surface area contributed by atoms with Gasteiger partial charge in [-0.05, 0) is 30.7 Å². The van der Waals surface area contributed by atoms with Crippen molar-refractivity contribution >= 4 is 10.9 Å². The third-order valence-corrected chi connectivity index (χ3v) is 3.65. The highest BCUT2D eigenvalue weighted by molar-refractivity contribution is 5.79. The van der Waals surface area contributed by atoms with Gasteiger partial charge in [-0.15, -0.1) is 0 Å². The van der Waals surface area contributed by atoms with Crippen LogP contribution in [0, 0.1) is 0 Å². The average molecular weight is 297 g/mol. The van der Waals surface area contributed by atoms with Gasteiger partial charge in [-0.2, -0.15) is 0 Å². The van der Waals surface area contributed by atoms with Crippen LogP contribution in [0.2, 0.25) is 0 Å². The van der Waals surface area contributed by atoms with Gasteiger partial charge in [0.15, 0.2) is 0 Å². The predicted octanol–water partition coefficient (Wildman–Crippen LogP) is 2.28. The minimum absolute atomic E-state index is 0.0195. The molecule has 3 aromatic heterocycles. The lowest BCUT2D eigenvalue weighted by atomic mass is 10.3. The molecular formula is C17H19N3O2. The Kier molecular flexibility index (Phi) is 4.34. The SMILES string of the molecule is CCOCCn1ccc2ccn(Cc3cccnc3)c2c1=O. The van der Waals surface area contributed by atoms with Gasteiger partial charge in [0.05, 0.1) is 6.61 Å². The van der Waals surface area contributed by atoms with Gasteiger partial charge in [0.25, 0.3) is 5.56 Å². The lowest BCUT2D eigenvalue weighted by Gasteiger charge is -2.09. The molecule has 0 aliphatic carbocycles. The lowest BCUT2D eigenvalue weighted by molar-refractivity contribution is 0.138. The second kappa shape index (κ2) is 6.58. The maximum Gasteiger partial charge on any atom is 0.275 e. The van der Waals surface area contributed by atoms with Crippen molar-refractivity contribution in [3.05, 3.63) is 65.0 Å². The van der Waals surface area contributed by atoms with Crippen LogP contribution in [-0.2, 0) is 17.8 Å². The van der Waals surface area contributed by atoms with E-state index < -0.39 is 0 Å². The monoisotopic (exact) mass is 297 g/mol. The van der Waals surface area contributed by atoms with E-state index in [9.17, 15) is 4.79 Å². The Hall–Kier alpha value is -2.40. The smallest absolute Gasteiger partial charge is 0.275 e. The molecule has 0 N–H and O–H groups in total. The van der Waals surface area contributed by atoms with E-state index >= 15 is 0 Å². The number of nitrogens with zero attached hydrogens (tertiary/aromatic N) is 3. The summed E-state index contributed by atoms with van der Waals surface area (Å²) in [6, 6.07) is 7.86. The number of pyridine rings is 2. The standard InChI is InChI=1S/C17H19N3O2/c1-2-22-11-10-19-8-5-15-6-9-20(16(15)17(19)21)13-14-4-3-7-18-12-14/h3-9,12H,2,10-11,13H2,1H3. The maximum absolute atomic E-state index is 12.7. The first-order chi connectivity index (χ1) is 10.8. The Morgan fingerprint density at radius 3 is 2.73 bits per heavy atom. The van der Waals surface area contributed by atoms with Gasteiger partial charge in [0.2, 0.25) is 0 Å². The normalized spacial score (nSPS) is 11.1. The van der Waals surface area contributed by atoms with Gasteiger partial charge in [-0.3, -0.25) is 9.78 Å². The topological polar surface area (TPSA) is 49.0 Å². The highest BCUT2D eigenvalue weighted by Crippen LogP contribution is 2.13. The van der Waals surface area contributed by atoms with Crippen LogP contribution >= 0.6 is 0 Å². The number of fused-ring (bicyclic) bond motifs is 1. The van der Waals surface area contributed by atoms with E-state index in [0.717, 1.165) is 16.5 Å². The molecule has 5 heteroatoms. The molecule has 114 valence electrons. The maximum atomic E-state index is 12.7. The first-order valence-corrected chi connectivity index (χ1v) is 7.44. The average Bonchev–Trinajstić information content (AvgIpc) is 2.94. The van der Waals surface area contributed by atoms with Crippen LogP contribution in [0.25, 0.3) is 10.9 Å². The minimum Gasteiger partial charge on any atom is -0.380 e. The third kappa shape index (κ3) is 2.94. The van der Waals surface area contributed by atoms with Gasteiger partial charge in [0.1, 0.15) is 5.52 Å². The summed E-state index contributed by atoms with van der Waals surface area (Å²) in [5.74, 6) is 0. The van der Waals surface area contributed by atoms with Crippen molar-refractivity contribution in [1.82, 2.24) is 14.1 Å². The highest BCUT2D eigenvalue weighted by Gasteiger charge is 2.08. The minimum atomic E-state index is 0.0195. The summed E-state index contributed by atoms with van der Waals surface area (Å²) in [4.78, 5) is 16.8. The number of hydrogen-bond acceptors (Lipinski definition) is 3. The Morgan fingerprint density at radius 1 is 1.18 bits per heavy atom. The molecule has 3 heterocycles. The first kappa shape index (κ1) is 14.5. The fourth-order valence-electron chi connectivity index (χ4n) is 2.55. The van der Waals surface area contributed by atoms with Crippen molar-refractivity contribution in [2.45, 2.75) is 20.0 Å². The molecule has 5 nitrogen and oxygen atoms in total. The fraction of sp³-hybridized carbons (Fsp3) is 0.294. The number of hydrogen-bond donors (Lipinski definition) is 0. The van der Waals surface area contributed by atoms with Crippen LogP contribution in [0.3, 0.4) is 0 Å². The Balaban J connectivity index is 1.94. The summed E-state index contributed by atoms with van der Waals surface area (Å²) in [5, 5.41) is 0.960. The zero-order valence-corrected chi connectivity index (χ0v) is 12.6. The Labute approximate surface area is 128 Å². The summed E-state index contributed by atoms with van der Waals surface area (Å²) >= 11 is 0. The summed E-state index contributed by atoms with van der Waals surface area (Å²) < 4.78 is 9.02. The van der Waals surface area contributed by atoms with Gasteiger partial charge in [0, 0.05) is 49.9 Å². The molecule has 3 aromatic rings. The van der Waals surface area contributed by atoms with Crippen molar-refractivity contribution < 1.29 is 4.74 Å². The quantitative estimate of drug-likeness (QED) is 0.656. The van der Waals surface area contributed by atoms with E-state index in [1.807, 2.05) is 54.3 Å². The summed E-state index contributed by atoms with van der Waals surface area (Å²) in [7, 11) is 0. The van der Waals surface area contributed by atoms with Crippen molar-refractivity contribution in [2.75, 3.05) is 13.2 Å². The molecule has 3 rings (SSSR count). The summed E-state index contributed by atoms with van der Waals surface area (Å²) in [6.07, 6.45) is 7.35. The number of ether oxygens (including phenoxy) is 1. The Bertz CT molecular complexity index is 806. The van der Waals surface area contributed by atoms with Crippen molar-refractivity contribution in [3.63, 3.8) is 0 Å². The molecule has 0 unspecified atom stereocenters. The largest absolute Gasteiger partial charge is 0.380 e.